The molecule has 34 heavy (non-hydrogen) atoms. The third kappa shape index (κ3) is 4.14. The second-order valence-electron chi connectivity index (χ2n) is 9.62. The molecule has 6 heteroatoms. The van der Waals surface area contributed by atoms with Crippen LogP contribution in [0.1, 0.15) is 55.1 Å². The molecule has 5 nitrogen and oxygen atoms in total. The molecular formula is C28H30ClN3O2. The molecule has 3 aromatic rings. The fourth-order valence-electron chi connectivity index (χ4n) is 5.27. The van der Waals surface area contributed by atoms with Crippen LogP contribution in [-0.4, -0.2) is 32.9 Å². The van der Waals surface area contributed by atoms with Crippen LogP contribution in [0, 0.1) is 0 Å². The first-order valence-corrected chi connectivity index (χ1v) is 12.5. The number of hydrogen-bond donors (Lipinski definition) is 1. The molecule has 5 rings (SSSR count). The molecule has 1 atom stereocenters. The Morgan fingerprint density at radius 3 is 2.38 bits per heavy atom. The second kappa shape index (κ2) is 9.30. The summed E-state index contributed by atoms with van der Waals surface area (Å²) in [7, 11) is 0. The fourth-order valence-corrected chi connectivity index (χ4v) is 5.46. The maximum atomic E-state index is 13.9. The van der Waals surface area contributed by atoms with Gasteiger partial charge in [0.1, 0.15) is 11.2 Å². The summed E-state index contributed by atoms with van der Waals surface area (Å²) in [5, 5.41) is 3.88. The average molecular weight is 476 g/mol. The Labute approximate surface area is 205 Å². The van der Waals surface area contributed by atoms with Crippen LogP contribution in [0.3, 0.4) is 0 Å². The van der Waals surface area contributed by atoms with Crippen LogP contribution in [0.2, 0.25) is 5.02 Å². The van der Waals surface area contributed by atoms with Gasteiger partial charge in [0.15, 0.2) is 0 Å². The lowest BCUT2D eigenvalue weighted by atomic mass is 9.91. The van der Waals surface area contributed by atoms with Gasteiger partial charge in [0, 0.05) is 23.3 Å². The number of hydrogen-bond acceptors (Lipinski definition) is 2. The van der Waals surface area contributed by atoms with Crippen molar-refractivity contribution in [3.63, 3.8) is 0 Å². The van der Waals surface area contributed by atoms with E-state index in [0.29, 0.717) is 17.3 Å². The van der Waals surface area contributed by atoms with Crippen molar-refractivity contribution in [2.24, 2.45) is 0 Å². The van der Waals surface area contributed by atoms with Crippen molar-refractivity contribution in [1.82, 2.24) is 14.8 Å². The first-order chi connectivity index (χ1) is 16.5. The molecule has 0 spiro atoms. The number of nitrogens with one attached hydrogen (secondary N) is 1. The normalized spacial score (nSPS) is 20.8. The molecule has 1 unspecified atom stereocenters. The van der Waals surface area contributed by atoms with Crippen LogP contribution in [0.25, 0.3) is 11.3 Å². The minimum atomic E-state index is -1.05. The zero-order valence-corrected chi connectivity index (χ0v) is 20.2. The Morgan fingerprint density at radius 2 is 1.65 bits per heavy atom. The van der Waals surface area contributed by atoms with Gasteiger partial charge >= 0.3 is 0 Å². The standard InChI is InChI=1S/C28H30ClN3O2/c1-28(27(34)30-22-13-6-3-7-14-22)19-31-24(20-10-4-2-5-11-20)16-17-25(31)26(33)32(28)18-21-12-8-9-15-23(21)29/h2,4-5,8-12,15-17,22H,3,6-7,13-14,18-19H2,1H3,(H,30,34). The van der Waals surface area contributed by atoms with Crippen molar-refractivity contribution in [3.8, 4) is 11.3 Å². The van der Waals surface area contributed by atoms with Gasteiger partial charge in [0.25, 0.3) is 5.91 Å². The molecule has 2 aromatic carbocycles. The topological polar surface area (TPSA) is 54.3 Å². The van der Waals surface area contributed by atoms with E-state index in [1.165, 1.54) is 6.42 Å². The molecule has 176 valence electrons. The molecule has 0 bridgehead atoms. The van der Waals surface area contributed by atoms with E-state index in [0.717, 1.165) is 42.5 Å². The lowest BCUT2D eigenvalue weighted by molar-refractivity contribution is -0.134. The van der Waals surface area contributed by atoms with Gasteiger partial charge in [0.05, 0.1) is 6.54 Å². The number of amides is 2. The Balaban J connectivity index is 1.55. The van der Waals surface area contributed by atoms with Gasteiger partial charge in [-0.25, -0.2) is 0 Å². The third-order valence-electron chi connectivity index (χ3n) is 7.29. The zero-order chi connectivity index (χ0) is 23.7. The van der Waals surface area contributed by atoms with Crippen LogP contribution in [0.4, 0.5) is 0 Å². The lowest BCUT2D eigenvalue weighted by Gasteiger charge is -2.45. The molecule has 2 amide bonds. The quantitative estimate of drug-likeness (QED) is 0.516. The summed E-state index contributed by atoms with van der Waals surface area (Å²) >= 11 is 6.46. The van der Waals surface area contributed by atoms with Crippen LogP contribution in [-0.2, 0) is 17.9 Å². The van der Waals surface area contributed by atoms with Crippen molar-refractivity contribution in [3.05, 3.63) is 83.0 Å². The molecule has 1 aromatic heterocycles. The van der Waals surface area contributed by atoms with Crippen molar-refractivity contribution in [1.29, 1.82) is 0 Å². The Morgan fingerprint density at radius 1 is 0.971 bits per heavy atom. The molecule has 0 radical (unpaired) electrons. The first kappa shape index (κ1) is 22.7. The van der Waals surface area contributed by atoms with Gasteiger partial charge in [-0.3, -0.25) is 9.59 Å². The highest BCUT2D eigenvalue weighted by Gasteiger charge is 2.48. The maximum Gasteiger partial charge on any atom is 0.271 e. The number of nitrogens with zero attached hydrogens (tertiary/aromatic N) is 2. The second-order valence-corrected chi connectivity index (χ2v) is 10.0. The molecule has 1 saturated carbocycles. The van der Waals surface area contributed by atoms with E-state index in [1.54, 1.807) is 4.90 Å². The van der Waals surface area contributed by atoms with E-state index in [2.05, 4.69) is 5.32 Å². The van der Waals surface area contributed by atoms with Crippen molar-refractivity contribution < 1.29 is 9.59 Å². The highest BCUT2D eigenvalue weighted by molar-refractivity contribution is 6.31. The van der Waals surface area contributed by atoms with Gasteiger partial charge in [-0.1, -0.05) is 79.4 Å². The summed E-state index contributed by atoms with van der Waals surface area (Å²) in [6.45, 7) is 2.55. The lowest BCUT2D eigenvalue weighted by Crippen LogP contribution is -2.64. The van der Waals surface area contributed by atoms with Crippen LogP contribution < -0.4 is 5.32 Å². The summed E-state index contributed by atoms with van der Waals surface area (Å²) < 4.78 is 2.00. The number of aromatic nitrogens is 1. The summed E-state index contributed by atoms with van der Waals surface area (Å²) in [5.41, 5.74) is 2.34. The van der Waals surface area contributed by atoms with E-state index in [-0.39, 0.29) is 24.4 Å². The number of rotatable bonds is 5. The third-order valence-corrected chi connectivity index (χ3v) is 7.66. The number of carbonyl (C=O) groups is 2. The molecule has 1 N–H and O–H groups in total. The van der Waals surface area contributed by atoms with Crippen molar-refractivity contribution in [2.45, 2.75) is 63.7 Å². The predicted molar refractivity (Wildman–Crippen MR) is 135 cm³/mol. The highest BCUT2D eigenvalue weighted by Crippen LogP contribution is 2.35. The molecular weight excluding hydrogens is 446 g/mol. The average Bonchev–Trinajstić information content (AvgIpc) is 3.27. The van der Waals surface area contributed by atoms with Crippen molar-refractivity contribution >= 4 is 23.4 Å². The Hall–Kier alpha value is -3.05. The van der Waals surface area contributed by atoms with Gasteiger partial charge < -0.3 is 14.8 Å². The Bertz CT molecular complexity index is 1200. The zero-order valence-electron chi connectivity index (χ0n) is 19.5. The molecule has 0 saturated heterocycles. The minimum Gasteiger partial charge on any atom is -0.351 e. The van der Waals surface area contributed by atoms with E-state index < -0.39 is 5.54 Å². The first-order valence-electron chi connectivity index (χ1n) is 12.1. The number of fused-ring (bicyclic) bond motifs is 1. The van der Waals surface area contributed by atoms with E-state index >= 15 is 0 Å². The molecule has 2 heterocycles. The van der Waals surface area contributed by atoms with E-state index in [4.69, 9.17) is 11.6 Å². The van der Waals surface area contributed by atoms with Gasteiger partial charge in [-0.15, -0.1) is 0 Å². The number of halogens is 1. The minimum absolute atomic E-state index is 0.0989. The van der Waals surface area contributed by atoms with Crippen LogP contribution in [0.15, 0.2) is 66.7 Å². The van der Waals surface area contributed by atoms with Gasteiger partial charge in [0.2, 0.25) is 5.91 Å². The van der Waals surface area contributed by atoms with Crippen LogP contribution >= 0.6 is 11.6 Å². The van der Waals surface area contributed by atoms with Crippen LogP contribution in [0.5, 0.6) is 0 Å². The predicted octanol–water partition coefficient (Wildman–Crippen LogP) is 5.67. The smallest absolute Gasteiger partial charge is 0.271 e. The molecule has 1 aliphatic carbocycles. The monoisotopic (exact) mass is 475 g/mol. The Kier molecular flexibility index (Phi) is 6.22. The summed E-state index contributed by atoms with van der Waals surface area (Å²) in [6, 6.07) is 21.5. The van der Waals surface area contributed by atoms with Crippen molar-refractivity contribution in [2.75, 3.05) is 0 Å². The maximum absolute atomic E-state index is 13.9. The van der Waals surface area contributed by atoms with E-state index in [1.807, 2.05) is 78.2 Å². The highest BCUT2D eigenvalue weighted by atomic mass is 35.5. The molecule has 2 aliphatic rings. The molecule has 1 fully saturated rings. The molecule has 1 aliphatic heterocycles. The number of carbonyl (C=O) groups excluding carboxylic acids is 2. The SMILES string of the molecule is CC1(C(=O)NC2CCCCC2)Cn2c(ccc2-c2ccccc2)C(=O)N1Cc1ccccc1Cl. The van der Waals surface area contributed by atoms with E-state index in [9.17, 15) is 9.59 Å². The largest absolute Gasteiger partial charge is 0.351 e. The van der Waals surface area contributed by atoms with Gasteiger partial charge in [-0.05, 0) is 49.1 Å². The summed E-state index contributed by atoms with van der Waals surface area (Å²) in [5.74, 6) is -0.257. The summed E-state index contributed by atoms with van der Waals surface area (Å²) in [6.07, 6.45) is 5.45. The summed E-state index contributed by atoms with van der Waals surface area (Å²) in [4.78, 5) is 29.4. The van der Waals surface area contributed by atoms with Gasteiger partial charge in [-0.2, -0.15) is 0 Å². The number of benzene rings is 2. The fraction of sp³-hybridized carbons (Fsp3) is 0.357.